The van der Waals surface area contributed by atoms with Gasteiger partial charge in [-0.3, -0.25) is 0 Å². The highest BCUT2D eigenvalue weighted by Gasteiger charge is 2.18. The summed E-state index contributed by atoms with van der Waals surface area (Å²) in [6.45, 7) is 12.5. The van der Waals surface area contributed by atoms with E-state index >= 15 is 0 Å². The van der Waals surface area contributed by atoms with E-state index in [0.717, 1.165) is 12.3 Å². The van der Waals surface area contributed by atoms with Crippen LogP contribution in [-0.4, -0.2) is 11.2 Å². The molecule has 0 saturated heterocycles. The first-order valence-corrected chi connectivity index (χ1v) is 7.24. The van der Waals surface area contributed by atoms with Gasteiger partial charge < -0.3 is 9.30 Å². The van der Waals surface area contributed by atoms with Crippen LogP contribution in [0.2, 0.25) is 0 Å². The minimum Gasteiger partial charge on any atom is -0.491 e. The van der Waals surface area contributed by atoms with Crippen molar-refractivity contribution < 1.29 is 4.74 Å². The zero-order chi connectivity index (χ0) is 14.8. The molecule has 0 amide bonds. The van der Waals surface area contributed by atoms with Gasteiger partial charge in [-0.15, -0.1) is 0 Å². The molecule has 108 valence electrons. The molecule has 0 aliphatic carbocycles. The van der Waals surface area contributed by atoms with Gasteiger partial charge in [-0.25, -0.2) is 0 Å². The zero-order valence-electron chi connectivity index (χ0n) is 13.2. The summed E-state index contributed by atoms with van der Waals surface area (Å²) in [6, 6.07) is 12.6. The van der Waals surface area contributed by atoms with Crippen molar-refractivity contribution in [2.45, 2.75) is 46.6 Å². The van der Waals surface area contributed by atoms with Gasteiger partial charge in [0.1, 0.15) is 12.4 Å². The Bertz CT molecular complexity index is 556. The monoisotopic (exact) mass is 271 g/mol. The largest absolute Gasteiger partial charge is 0.491 e. The number of hydrogen-bond acceptors (Lipinski definition) is 1. The van der Waals surface area contributed by atoms with Gasteiger partial charge in [0.15, 0.2) is 0 Å². The lowest BCUT2D eigenvalue weighted by molar-refractivity contribution is 0.289. The summed E-state index contributed by atoms with van der Waals surface area (Å²) in [5.41, 5.74) is 3.95. The fourth-order valence-electron chi connectivity index (χ4n) is 2.51. The molecule has 0 spiro atoms. The lowest BCUT2D eigenvalue weighted by atomic mass is 9.86. The number of aromatic nitrogens is 1. The van der Waals surface area contributed by atoms with Crippen molar-refractivity contribution >= 4 is 0 Å². The van der Waals surface area contributed by atoms with Crippen molar-refractivity contribution in [3.63, 3.8) is 0 Å². The second-order valence-corrected chi connectivity index (χ2v) is 6.36. The molecule has 0 bridgehead atoms. The van der Waals surface area contributed by atoms with Crippen molar-refractivity contribution in [2.24, 2.45) is 0 Å². The summed E-state index contributed by atoms with van der Waals surface area (Å²) >= 11 is 0. The van der Waals surface area contributed by atoms with E-state index in [9.17, 15) is 0 Å². The van der Waals surface area contributed by atoms with Crippen LogP contribution in [0.4, 0.5) is 0 Å². The third kappa shape index (κ3) is 3.24. The fourth-order valence-corrected chi connectivity index (χ4v) is 2.51. The molecule has 2 nitrogen and oxygen atoms in total. The van der Waals surface area contributed by atoms with E-state index in [1.807, 2.05) is 6.07 Å². The van der Waals surface area contributed by atoms with Crippen LogP contribution in [0.15, 0.2) is 36.4 Å². The maximum absolute atomic E-state index is 6.03. The van der Waals surface area contributed by atoms with E-state index in [1.165, 1.54) is 17.0 Å². The number of para-hydroxylation sites is 1. The van der Waals surface area contributed by atoms with Crippen molar-refractivity contribution in [1.29, 1.82) is 0 Å². The molecule has 0 aliphatic heterocycles. The normalized spacial score (nSPS) is 11.7. The summed E-state index contributed by atoms with van der Waals surface area (Å²) in [5, 5.41) is 0. The molecular weight excluding hydrogens is 246 g/mol. The van der Waals surface area contributed by atoms with Crippen LogP contribution in [-0.2, 0) is 12.0 Å². The number of benzene rings is 1. The van der Waals surface area contributed by atoms with Gasteiger partial charge in [-0.05, 0) is 43.0 Å². The Labute approximate surface area is 122 Å². The highest BCUT2D eigenvalue weighted by atomic mass is 16.5. The summed E-state index contributed by atoms with van der Waals surface area (Å²) in [6.07, 6.45) is 0. The van der Waals surface area contributed by atoms with Gasteiger partial charge in [-0.1, -0.05) is 39.0 Å². The zero-order valence-corrected chi connectivity index (χ0v) is 13.2. The molecule has 0 saturated carbocycles. The van der Waals surface area contributed by atoms with Gasteiger partial charge >= 0.3 is 0 Å². The molecule has 0 fully saturated rings. The first-order chi connectivity index (χ1) is 9.39. The summed E-state index contributed by atoms with van der Waals surface area (Å²) in [7, 11) is 0. The maximum Gasteiger partial charge on any atom is 0.123 e. The van der Waals surface area contributed by atoms with E-state index in [-0.39, 0.29) is 5.41 Å². The molecule has 1 aromatic carbocycles. The Kier molecular flexibility index (Phi) is 4.22. The summed E-state index contributed by atoms with van der Waals surface area (Å²) in [5.74, 6) is 1.00. The average molecular weight is 271 g/mol. The predicted molar refractivity (Wildman–Crippen MR) is 84.5 cm³/mol. The van der Waals surface area contributed by atoms with Gasteiger partial charge in [0.25, 0.3) is 0 Å². The Morgan fingerprint density at radius 3 is 2.15 bits per heavy atom. The fraction of sp³-hybridized carbons (Fsp3) is 0.444. The Balaban J connectivity index is 2.05. The number of ether oxygens (including phenoxy) is 1. The average Bonchev–Trinajstić information content (AvgIpc) is 2.70. The number of nitrogens with zero attached hydrogens (tertiary/aromatic N) is 1. The van der Waals surface area contributed by atoms with Crippen molar-refractivity contribution in [1.82, 2.24) is 4.57 Å². The molecule has 0 unspecified atom stereocenters. The molecule has 0 atom stereocenters. The van der Waals surface area contributed by atoms with Gasteiger partial charge in [0, 0.05) is 11.4 Å². The van der Waals surface area contributed by atoms with Crippen LogP contribution in [0, 0.1) is 13.8 Å². The molecule has 1 aromatic heterocycles. The van der Waals surface area contributed by atoms with Gasteiger partial charge in [-0.2, -0.15) is 0 Å². The van der Waals surface area contributed by atoms with E-state index in [4.69, 9.17) is 4.74 Å². The SMILES string of the molecule is Cc1ccc(C)n1CCOc1ccccc1C(C)(C)C. The third-order valence-corrected chi connectivity index (χ3v) is 3.68. The van der Waals surface area contributed by atoms with Crippen LogP contribution in [0.3, 0.4) is 0 Å². The predicted octanol–water partition coefficient (Wildman–Crippen LogP) is 4.48. The van der Waals surface area contributed by atoms with Crippen LogP contribution in [0.1, 0.15) is 37.7 Å². The number of rotatable bonds is 4. The van der Waals surface area contributed by atoms with Crippen LogP contribution in [0.5, 0.6) is 5.75 Å². The molecule has 20 heavy (non-hydrogen) atoms. The molecule has 2 rings (SSSR count). The van der Waals surface area contributed by atoms with Crippen molar-refractivity contribution in [3.05, 3.63) is 53.3 Å². The van der Waals surface area contributed by atoms with Crippen LogP contribution >= 0.6 is 0 Å². The minimum atomic E-state index is 0.107. The lowest BCUT2D eigenvalue weighted by Gasteiger charge is -2.23. The molecular formula is C18H25NO. The van der Waals surface area contributed by atoms with E-state index in [0.29, 0.717) is 6.61 Å². The quantitative estimate of drug-likeness (QED) is 0.799. The maximum atomic E-state index is 6.03. The highest BCUT2D eigenvalue weighted by molar-refractivity contribution is 5.38. The molecule has 0 N–H and O–H groups in total. The molecule has 0 aliphatic rings. The minimum absolute atomic E-state index is 0.107. The van der Waals surface area contributed by atoms with Gasteiger partial charge in [0.05, 0.1) is 6.54 Å². The van der Waals surface area contributed by atoms with E-state index < -0.39 is 0 Å². The standard InChI is InChI=1S/C18H25NO/c1-14-10-11-15(2)19(14)12-13-20-17-9-7-6-8-16(17)18(3,4)5/h6-11H,12-13H2,1-5H3. The topological polar surface area (TPSA) is 14.2 Å². The third-order valence-electron chi connectivity index (χ3n) is 3.68. The lowest BCUT2D eigenvalue weighted by Crippen LogP contribution is -2.16. The summed E-state index contributed by atoms with van der Waals surface area (Å²) in [4.78, 5) is 0. The van der Waals surface area contributed by atoms with E-state index in [2.05, 4.69) is 69.5 Å². The van der Waals surface area contributed by atoms with Crippen molar-refractivity contribution in [2.75, 3.05) is 6.61 Å². The molecule has 0 radical (unpaired) electrons. The number of hydrogen-bond donors (Lipinski definition) is 0. The first-order valence-electron chi connectivity index (χ1n) is 7.24. The Morgan fingerprint density at radius 1 is 0.950 bits per heavy atom. The van der Waals surface area contributed by atoms with Crippen LogP contribution < -0.4 is 4.74 Å². The number of aryl methyl sites for hydroxylation is 2. The Hall–Kier alpha value is -1.70. The smallest absolute Gasteiger partial charge is 0.123 e. The van der Waals surface area contributed by atoms with E-state index in [1.54, 1.807) is 0 Å². The molecule has 1 heterocycles. The molecule has 2 heteroatoms. The summed E-state index contributed by atoms with van der Waals surface area (Å²) < 4.78 is 8.32. The second-order valence-electron chi connectivity index (χ2n) is 6.36. The second kappa shape index (κ2) is 5.74. The first kappa shape index (κ1) is 14.7. The van der Waals surface area contributed by atoms with Crippen LogP contribution in [0.25, 0.3) is 0 Å². The van der Waals surface area contributed by atoms with Crippen molar-refractivity contribution in [3.8, 4) is 5.75 Å². The molecule has 2 aromatic rings. The Morgan fingerprint density at radius 2 is 1.55 bits per heavy atom. The highest BCUT2D eigenvalue weighted by Crippen LogP contribution is 2.30. The van der Waals surface area contributed by atoms with Gasteiger partial charge in [0.2, 0.25) is 0 Å².